The van der Waals surface area contributed by atoms with E-state index in [1.807, 2.05) is 22.4 Å². The smallest absolute Gasteiger partial charge is 0.354 e. The van der Waals surface area contributed by atoms with Gasteiger partial charge in [-0.1, -0.05) is 37.2 Å². The summed E-state index contributed by atoms with van der Waals surface area (Å²) in [5.41, 5.74) is 0.0173. The third kappa shape index (κ3) is 5.31. The molecule has 0 aliphatic carbocycles. The lowest BCUT2D eigenvalue weighted by molar-refractivity contribution is -0.137. The minimum atomic E-state index is -4.48. The molecule has 0 atom stereocenters. The molecule has 7 nitrogen and oxygen atoms in total. The summed E-state index contributed by atoms with van der Waals surface area (Å²) in [6, 6.07) is 8.69. The first-order valence-corrected chi connectivity index (χ1v) is 13.0. The lowest BCUT2D eigenvalue weighted by Crippen LogP contribution is -2.35. The van der Waals surface area contributed by atoms with Crippen molar-refractivity contribution in [1.29, 1.82) is 0 Å². The van der Waals surface area contributed by atoms with E-state index in [-0.39, 0.29) is 22.9 Å². The number of nitrogens with zero attached hydrogens (tertiary/aromatic N) is 5. The molecule has 1 saturated heterocycles. The van der Waals surface area contributed by atoms with Crippen molar-refractivity contribution in [2.45, 2.75) is 32.9 Å². The minimum Gasteiger partial charge on any atom is -0.354 e. The normalized spacial score (nSPS) is 15.0. The van der Waals surface area contributed by atoms with E-state index >= 15 is 0 Å². The van der Waals surface area contributed by atoms with Crippen LogP contribution in [0.3, 0.4) is 0 Å². The summed E-state index contributed by atoms with van der Waals surface area (Å²) >= 11 is 1.42. The lowest BCUT2D eigenvalue weighted by Gasteiger charge is -2.23. The van der Waals surface area contributed by atoms with Gasteiger partial charge in [0.05, 0.1) is 10.4 Å². The van der Waals surface area contributed by atoms with Gasteiger partial charge in [0.1, 0.15) is 22.7 Å². The Morgan fingerprint density at radius 1 is 1.11 bits per heavy atom. The predicted octanol–water partition coefficient (Wildman–Crippen LogP) is 5.92. The highest BCUT2D eigenvalue weighted by molar-refractivity contribution is 7.12. The quantitative estimate of drug-likeness (QED) is 0.320. The van der Waals surface area contributed by atoms with Crippen LogP contribution in [-0.2, 0) is 12.6 Å². The molecule has 1 aliphatic rings. The van der Waals surface area contributed by atoms with Crippen molar-refractivity contribution in [3.63, 3.8) is 0 Å². The molecule has 5 rings (SSSR count). The van der Waals surface area contributed by atoms with Crippen molar-refractivity contribution >= 4 is 34.2 Å². The summed E-state index contributed by atoms with van der Waals surface area (Å²) in [7, 11) is 0. The van der Waals surface area contributed by atoms with Crippen molar-refractivity contribution in [3.05, 3.63) is 58.0 Å². The zero-order chi connectivity index (χ0) is 26.2. The number of alkyl halides is 3. The zero-order valence-corrected chi connectivity index (χ0v) is 21.3. The first-order valence-electron chi connectivity index (χ1n) is 12.1. The SMILES string of the molecule is CC(C)Cc1nc(N2CCCN(C(=O)c3cccs3)CC2)c2c(-c3cccc(C(F)(F)F)c3)noc2n1. The van der Waals surface area contributed by atoms with Gasteiger partial charge in [-0.25, -0.2) is 4.98 Å². The Labute approximate surface area is 215 Å². The number of thiophene rings is 1. The van der Waals surface area contributed by atoms with Gasteiger partial charge in [-0.2, -0.15) is 18.2 Å². The maximum atomic E-state index is 13.4. The Hall–Kier alpha value is -3.47. The van der Waals surface area contributed by atoms with Crippen LogP contribution in [0.25, 0.3) is 22.4 Å². The van der Waals surface area contributed by atoms with Crippen molar-refractivity contribution in [2.75, 3.05) is 31.1 Å². The summed E-state index contributed by atoms with van der Waals surface area (Å²) in [6.07, 6.45) is -3.16. The molecule has 37 heavy (non-hydrogen) atoms. The van der Waals surface area contributed by atoms with Gasteiger partial charge in [-0.15, -0.1) is 11.3 Å². The van der Waals surface area contributed by atoms with E-state index in [2.05, 4.69) is 28.9 Å². The van der Waals surface area contributed by atoms with Gasteiger partial charge >= 0.3 is 6.18 Å². The Morgan fingerprint density at radius 3 is 2.68 bits per heavy atom. The number of fused-ring (bicyclic) bond motifs is 1. The minimum absolute atomic E-state index is 0.000172. The van der Waals surface area contributed by atoms with Crippen LogP contribution in [0.1, 0.15) is 41.3 Å². The van der Waals surface area contributed by atoms with Gasteiger partial charge in [0.2, 0.25) is 0 Å². The average Bonchev–Trinajstić information content (AvgIpc) is 3.47. The summed E-state index contributed by atoms with van der Waals surface area (Å²) < 4.78 is 45.8. The van der Waals surface area contributed by atoms with Crippen LogP contribution in [-0.4, -0.2) is 52.1 Å². The highest BCUT2D eigenvalue weighted by Gasteiger charge is 2.32. The molecule has 0 spiro atoms. The highest BCUT2D eigenvalue weighted by atomic mass is 32.1. The van der Waals surface area contributed by atoms with Crippen molar-refractivity contribution < 1.29 is 22.5 Å². The van der Waals surface area contributed by atoms with Crippen LogP contribution >= 0.6 is 11.3 Å². The molecular formula is C26H26F3N5O2S. The molecule has 4 aromatic rings. The number of rotatable bonds is 5. The van der Waals surface area contributed by atoms with Crippen LogP contribution in [0, 0.1) is 5.92 Å². The number of halogens is 3. The van der Waals surface area contributed by atoms with Crippen molar-refractivity contribution in [2.24, 2.45) is 5.92 Å². The van der Waals surface area contributed by atoms with E-state index in [1.165, 1.54) is 17.4 Å². The molecule has 1 amide bonds. The lowest BCUT2D eigenvalue weighted by atomic mass is 10.1. The molecule has 0 N–H and O–H groups in total. The number of aromatic nitrogens is 3. The molecule has 0 saturated carbocycles. The third-order valence-electron chi connectivity index (χ3n) is 6.23. The maximum Gasteiger partial charge on any atom is 0.416 e. The molecule has 1 fully saturated rings. The largest absolute Gasteiger partial charge is 0.416 e. The van der Waals surface area contributed by atoms with Gasteiger partial charge in [-0.05, 0) is 35.9 Å². The first-order chi connectivity index (χ1) is 17.7. The Bertz CT molecular complexity index is 1400. The maximum absolute atomic E-state index is 13.4. The predicted molar refractivity (Wildman–Crippen MR) is 136 cm³/mol. The van der Waals surface area contributed by atoms with Gasteiger partial charge < -0.3 is 14.3 Å². The van der Waals surface area contributed by atoms with E-state index in [4.69, 9.17) is 9.51 Å². The van der Waals surface area contributed by atoms with E-state index in [0.29, 0.717) is 66.8 Å². The monoisotopic (exact) mass is 529 g/mol. The summed E-state index contributed by atoms with van der Waals surface area (Å²) in [5.74, 6) is 1.44. The third-order valence-corrected chi connectivity index (χ3v) is 7.09. The summed E-state index contributed by atoms with van der Waals surface area (Å²) in [5, 5.41) is 6.49. The number of amides is 1. The number of carbonyl (C=O) groups excluding carboxylic acids is 1. The first kappa shape index (κ1) is 25.2. The summed E-state index contributed by atoms with van der Waals surface area (Å²) in [4.78, 5) is 26.9. The molecular weight excluding hydrogens is 503 g/mol. The standard InChI is InChI=1S/C26H26F3N5O2S/c1-16(2)14-20-30-23(33-9-5-10-34(12-11-33)25(35)19-8-4-13-37-19)21-22(32-36-24(21)31-20)17-6-3-7-18(15-17)26(27,28)29/h3-4,6-8,13,15-16H,5,9-12,14H2,1-2H3. The van der Waals surface area contributed by atoms with Crippen LogP contribution in [0.2, 0.25) is 0 Å². The number of carbonyl (C=O) groups is 1. The van der Waals surface area contributed by atoms with Gasteiger partial charge in [-0.3, -0.25) is 4.79 Å². The van der Waals surface area contributed by atoms with Crippen LogP contribution in [0.5, 0.6) is 0 Å². The second-order valence-corrected chi connectivity index (χ2v) is 10.4. The van der Waals surface area contributed by atoms with Crippen LogP contribution in [0.15, 0.2) is 46.3 Å². The van der Waals surface area contributed by atoms with E-state index < -0.39 is 11.7 Å². The van der Waals surface area contributed by atoms with E-state index in [9.17, 15) is 18.0 Å². The highest BCUT2D eigenvalue weighted by Crippen LogP contribution is 2.37. The Balaban J connectivity index is 1.54. The van der Waals surface area contributed by atoms with Gasteiger partial charge in [0.25, 0.3) is 11.6 Å². The van der Waals surface area contributed by atoms with Crippen LogP contribution in [0.4, 0.5) is 19.0 Å². The molecule has 3 aromatic heterocycles. The molecule has 11 heteroatoms. The topological polar surface area (TPSA) is 75.4 Å². The fourth-order valence-corrected chi connectivity index (χ4v) is 5.18. The number of hydrogen-bond acceptors (Lipinski definition) is 7. The van der Waals surface area contributed by atoms with Gasteiger partial charge in [0.15, 0.2) is 0 Å². The fraction of sp³-hybridized carbons (Fsp3) is 0.385. The molecule has 4 heterocycles. The summed E-state index contributed by atoms with van der Waals surface area (Å²) in [6.45, 7) is 6.34. The Morgan fingerprint density at radius 2 is 1.95 bits per heavy atom. The Kier molecular flexibility index (Phi) is 6.89. The zero-order valence-electron chi connectivity index (χ0n) is 20.5. The number of anilines is 1. The van der Waals surface area contributed by atoms with Crippen molar-refractivity contribution in [3.8, 4) is 11.3 Å². The van der Waals surface area contributed by atoms with E-state index in [1.54, 1.807) is 6.07 Å². The van der Waals surface area contributed by atoms with Crippen molar-refractivity contribution in [1.82, 2.24) is 20.0 Å². The van der Waals surface area contributed by atoms with E-state index in [0.717, 1.165) is 12.1 Å². The number of benzene rings is 1. The average molecular weight is 530 g/mol. The molecule has 0 unspecified atom stereocenters. The second kappa shape index (κ2) is 10.1. The number of hydrogen-bond donors (Lipinski definition) is 0. The second-order valence-electron chi connectivity index (χ2n) is 9.46. The van der Waals surface area contributed by atoms with Crippen LogP contribution < -0.4 is 4.90 Å². The molecule has 0 bridgehead atoms. The molecule has 194 valence electrons. The molecule has 1 aliphatic heterocycles. The molecule has 0 radical (unpaired) electrons. The molecule has 1 aromatic carbocycles. The fourth-order valence-electron chi connectivity index (χ4n) is 4.49. The van der Waals surface area contributed by atoms with Gasteiger partial charge in [0, 0.05) is 38.2 Å².